The SMILES string of the molecule is COc1ccccc1C(=O)N1CCN(C2=Nc3ccccc3Oc3c(OC)cccc32)CC1C. The summed E-state index contributed by atoms with van der Waals surface area (Å²) in [5.41, 5.74) is 2.21. The Morgan fingerprint density at radius 1 is 0.941 bits per heavy atom. The number of ether oxygens (including phenoxy) is 3. The Balaban J connectivity index is 1.47. The standard InChI is InChI=1S/C27H27N3O4/c1-18-17-29(15-16-30(18)27(31)19-9-4-6-12-22(19)32-2)26-20-10-8-14-24(33-3)25(20)34-23-13-7-5-11-21(23)28-26/h4-14,18H,15-17H2,1-3H3. The lowest BCUT2D eigenvalue weighted by Gasteiger charge is -2.41. The molecular weight excluding hydrogens is 430 g/mol. The molecule has 7 heteroatoms. The number of amidine groups is 1. The van der Waals surface area contributed by atoms with Gasteiger partial charge in [-0.15, -0.1) is 0 Å². The normalized spacial score (nSPS) is 17.0. The second-order valence-electron chi connectivity index (χ2n) is 8.34. The fourth-order valence-corrected chi connectivity index (χ4v) is 4.55. The molecule has 2 aliphatic heterocycles. The quantitative estimate of drug-likeness (QED) is 0.569. The summed E-state index contributed by atoms with van der Waals surface area (Å²) in [5.74, 6) is 3.36. The number of piperazine rings is 1. The van der Waals surface area contributed by atoms with Gasteiger partial charge < -0.3 is 24.0 Å². The van der Waals surface area contributed by atoms with Crippen LogP contribution in [0.2, 0.25) is 0 Å². The number of hydrogen-bond acceptors (Lipinski definition) is 6. The van der Waals surface area contributed by atoms with Crippen LogP contribution in [-0.2, 0) is 0 Å². The summed E-state index contributed by atoms with van der Waals surface area (Å²) in [6, 6.07) is 20.9. The van der Waals surface area contributed by atoms with Crippen molar-refractivity contribution in [3.05, 3.63) is 77.9 Å². The summed E-state index contributed by atoms with van der Waals surface area (Å²) in [6.07, 6.45) is 0. The number of amides is 1. The number of benzene rings is 3. The van der Waals surface area contributed by atoms with Gasteiger partial charge in [0.2, 0.25) is 0 Å². The number of carbonyl (C=O) groups excluding carboxylic acids is 1. The number of methoxy groups -OCH3 is 2. The lowest BCUT2D eigenvalue weighted by atomic mass is 10.1. The molecule has 7 nitrogen and oxygen atoms in total. The van der Waals surface area contributed by atoms with E-state index in [9.17, 15) is 4.79 Å². The molecule has 0 spiro atoms. The van der Waals surface area contributed by atoms with Gasteiger partial charge in [0.05, 0.1) is 25.3 Å². The van der Waals surface area contributed by atoms with E-state index in [1.54, 1.807) is 14.2 Å². The van der Waals surface area contributed by atoms with Crippen LogP contribution in [0.4, 0.5) is 5.69 Å². The van der Waals surface area contributed by atoms with Crippen LogP contribution in [0.25, 0.3) is 0 Å². The van der Waals surface area contributed by atoms with Gasteiger partial charge in [-0.1, -0.05) is 30.3 Å². The molecule has 0 N–H and O–H groups in total. The Hall–Kier alpha value is -4.00. The molecule has 5 rings (SSSR count). The first-order chi connectivity index (χ1) is 16.6. The van der Waals surface area contributed by atoms with E-state index < -0.39 is 0 Å². The molecule has 2 heterocycles. The Bertz CT molecular complexity index is 1260. The second-order valence-corrected chi connectivity index (χ2v) is 8.34. The lowest BCUT2D eigenvalue weighted by Crippen LogP contribution is -2.55. The van der Waals surface area contributed by atoms with Gasteiger partial charge in [0.25, 0.3) is 5.91 Å². The molecule has 0 aliphatic carbocycles. The van der Waals surface area contributed by atoms with Crippen LogP contribution in [0.3, 0.4) is 0 Å². The average Bonchev–Trinajstić information content (AvgIpc) is 3.05. The number of nitrogens with zero attached hydrogens (tertiary/aromatic N) is 3. The molecule has 1 amide bonds. The van der Waals surface area contributed by atoms with E-state index in [2.05, 4.69) is 11.8 Å². The number of hydrogen-bond donors (Lipinski definition) is 0. The molecule has 3 aromatic carbocycles. The fourth-order valence-electron chi connectivity index (χ4n) is 4.55. The molecule has 1 fully saturated rings. The number of para-hydroxylation sites is 4. The van der Waals surface area contributed by atoms with Crippen molar-refractivity contribution in [2.45, 2.75) is 13.0 Å². The molecule has 0 radical (unpaired) electrons. The maximum absolute atomic E-state index is 13.3. The Morgan fingerprint density at radius 3 is 2.47 bits per heavy atom. The van der Waals surface area contributed by atoms with E-state index >= 15 is 0 Å². The lowest BCUT2D eigenvalue weighted by molar-refractivity contribution is 0.0578. The molecule has 2 aliphatic rings. The highest BCUT2D eigenvalue weighted by Gasteiger charge is 2.33. The van der Waals surface area contributed by atoms with Crippen LogP contribution in [0.1, 0.15) is 22.8 Å². The van der Waals surface area contributed by atoms with Crippen molar-refractivity contribution < 1.29 is 19.0 Å². The van der Waals surface area contributed by atoms with Crippen LogP contribution < -0.4 is 14.2 Å². The predicted octanol–water partition coefficient (Wildman–Crippen LogP) is 4.73. The predicted molar refractivity (Wildman–Crippen MR) is 131 cm³/mol. The minimum absolute atomic E-state index is 0.0249. The molecule has 1 unspecified atom stereocenters. The Morgan fingerprint density at radius 2 is 1.68 bits per heavy atom. The molecule has 174 valence electrons. The molecule has 34 heavy (non-hydrogen) atoms. The van der Waals surface area contributed by atoms with E-state index in [-0.39, 0.29) is 11.9 Å². The van der Waals surface area contributed by atoms with E-state index in [1.165, 1.54) is 0 Å². The zero-order valence-corrected chi connectivity index (χ0v) is 19.5. The van der Waals surface area contributed by atoms with Crippen molar-refractivity contribution in [2.24, 2.45) is 4.99 Å². The van der Waals surface area contributed by atoms with E-state index in [1.807, 2.05) is 71.6 Å². The molecule has 1 saturated heterocycles. The van der Waals surface area contributed by atoms with Gasteiger partial charge in [-0.2, -0.15) is 0 Å². The van der Waals surface area contributed by atoms with Crippen LogP contribution in [0.5, 0.6) is 23.0 Å². The average molecular weight is 458 g/mol. The molecule has 0 saturated carbocycles. The third-order valence-corrected chi connectivity index (χ3v) is 6.27. The monoisotopic (exact) mass is 457 g/mol. The van der Waals surface area contributed by atoms with Crippen molar-refractivity contribution in [3.63, 3.8) is 0 Å². The highest BCUT2D eigenvalue weighted by atomic mass is 16.5. The summed E-state index contributed by atoms with van der Waals surface area (Å²) in [7, 11) is 3.22. The van der Waals surface area contributed by atoms with Gasteiger partial charge in [-0.05, 0) is 43.3 Å². The van der Waals surface area contributed by atoms with Crippen LogP contribution in [0.15, 0.2) is 71.7 Å². The van der Waals surface area contributed by atoms with Crippen LogP contribution in [0, 0.1) is 0 Å². The number of aliphatic imine (C=N–C) groups is 1. The van der Waals surface area contributed by atoms with Gasteiger partial charge >= 0.3 is 0 Å². The summed E-state index contributed by atoms with van der Waals surface area (Å²) < 4.78 is 17.3. The molecule has 1 atom stereocenters. The van der Waals surface area contributed by atoms with Crippen LogP contribution in [-0.4, -0.2) is 61.4 Å². The van der Waals surface area contributed by atoms with Gasteiger partial charge in [0.1, 0.15) is 17.3 Å². The summed E-state index contributed by atoms with van der Waals surface area (Å²) in [4.78, 5) is 22.5. The minimum atomic E-state index is -0.0256. The Labute approximate surface area is 199 Å². The number of rotatable bonds is 3. The molecule has 0 aromatic heterocycles. The zero-order valence-electron chi connectivity index (χ0n) is 19.5. The third kappa shape index (κ3) is 3.83. The van der Waals surface area contributed by atoms with Crippen molar-refractivity contribution in [1.29, 1.82) is 0 Å². The largest absolute Gasteiger partial charge is 0.496 e. The summed E-state index contributed by atoms with van der Waals surface area (Å²) in [6.45, 7) is 3.91. The topological polar surface area (TPSA) is 63.6 Å². The van der Waals surface area contributed by atoms with Crippen molar-refractivity contribution in [1.82, 2.24) is 9.80 Å². The van der Waals surface area contributed by atoms with Gasteiger partial charge in [-0.3, -0.25) is 4.79 Å². The summed E-state index contributed by atoms with van der Waals surface area (Å²) >= 11 is 0. The third-order valence-electron chi connectivity index (χ3n) is 6.27. The first-order valence-electron chi connectivity index (χ1n) is 11.3. The highest BCUT2D eigenvalue weighted by Crippen LogP contribution is 2.42. The first kappa shape index (κ1) is 21.8. The molecule has 3 aromatic rings. The highest BCUT2D eigenvalue weighted by molar-refractivity contribution is 6.05. The maximum Gasteiger partial charge on any atom is 0.257 e. The van der Waals surface area contributed by atoms with E-state index in [4.69, 9.17) is 19.2 Å². The smallest absolute Gasteiger partial charge is 0.257 e. The van der Waals surface area contributed by atoms with Crippen LogP contribution >= 0.6 is 0 Å². The second kappa shape index (κ2) is 9.09. The summed E-state index contributed by atoms with van der Waals surface area (Å²) in [5, 5.41) is 0. The van der Waals surface area contributed by atoms with Gasteiger partial charge in [0.15, 0.2) is 17.2 Å². The minimum Gasteiger partial charge on any atom is -0.496 e. The molecular formula is C27H27N3O4. The zero-order chi connectivity index (χ0) is 23.7. The number of fused-ring (bicyclic) bond motifs is 2. The maximum atomic E-state index is 13.3. The molecule has 0 bridgehead atoms. The van der Waals surface area contributed by atoms with Crippen molar-refractivity contribution in [2.75, 3.05) is 33.9 Å². The van der Waals surface area contributed by atoms with E-state index in [0.29, 0.717) is 48.2 Å². The number of carbonyl (C=O) groups is 1. The van der Waals surface area contributed by atoms with Crippen molar-refractivity contribution in [3.8, 4) is 23.0 Å². The van der Waals surface area contributed by atoms with Gasteiger partial charge in [-0.25, -0.2) is 4.99 Å². The Kier molecular flexibility index (Phi) is 5.84. The van der Waals surface area contributed by atoms with Crippen molar-refractivity contribution >= 4 is 17.4 Å². The fraction of sp³-hybridized carbons (Fsp3) is 0.259. The first-order valence-corrected chi connectivity index (χ1v) is 11.3. The van der Waals surface area contributed by atoms with E-state index in [0.717, 1.165) is 17.1 Å². The van der Waals surface area contributed by atoms with Gasteiger partial charge in [0, 0.05) is 25.7 Å².